The van der Waals surface area contributed by atoms with E-state index in [-0.39, 0.29) is 11.5 Å². The SMILES string of the molecule is CCCCC1Cc2cc(OC(=O)S)ccc2C2CCC3(C)C(O)CCC3C12. The molecule has 0 radical (unpaired) electrons. The van der Waals surface area contributed by atoms with Gasteiger partial charge in [0, 0.05) is 0 Å². The zero-order chi connectivity index (χ0) is 19.2. The van der Waals surface area contributed by atoms with Crippen LogP contribution < -0.4 is 4.74 Å². The van der Waals surface area contributed by atoms with Crippen LogP contribution in [0.1, 0.15) is 75.8 Å². The van der Waals surface area contributed by atoms with Crippen LogP contribution in [0.15, 0.2) is 18.2 Å². The van der Waals surface area contributed by atoms with Crippen LogP contribution in [0.5, 0.6) is 5.75 Å². The van der Waals surface area contributed by atoms with Gasteiger partial charge in [0.15, 0.2) is 0 Å². The van der Waals surface area contributed by atoms with Crippen LogP contribution in [-0.2, 0) is 6.42 Å². The van der Waals surface area contributed by atoms with Gasteiger partial charge in [0.2, 0.25) is 0 Å². The Morgan fingerprint density at radius 2 is 2.15 bits per heavy atom. The van der Waals surface area contributed by atoms with Crippen LogP contribution in [0, 0.1) is 23.2 Å². The summed E-state index contributed by atoms with van der Waals surface area (Å²) in [6.07, 6.45) is 9.11. The molecule has 2 saturated carbocycles. The second-order valence-corrected chi connectivity index (χ2v) is 9.63. The van der Waals surface area contributed by atoms with Crippen molar-refractivity contribution in [2.45, 2.75) is 77.2 Å². The fraction of sp³-hybridized carbons (Fsp3) is 0.696. The molecule has 0 amide bonds. The lowest BCUT2D eigenvalue weighted by Crippen LogP contribution is -2.47. The average Bonchev–Trinajstić information content (AvgIpc) is 2.93. The zero-order valence-electron chi connectivity index (χ0n) is 16.5. The number of hydrogen-bond acceptors (Lipinski definition) is 3. The predicted octanol–water partition coefficient (Wildman–Crippen LogP) is 5.75. The number of carbonyl (C=O) groups excluding carboxylic acids is 1. The molecule has 148 valence electrons. The molecule has 4 heteroatoms. The number of unbranched alkanes of at least 4 members (excludes halogenated alkanes) is 1. The number of aliphatic hydroxyl groups is 1. The van der Waals surface area contributed by atoms with E-state index in [0.717, 1.165) is 25.7 Å². The summed E-state index contributed by atoms with van der Waals surface area (Å²) in [6, 6.07) is 6.17. The fourth-order valence-corrected chi connectivity index (χ4v) is 6.76. The monoisotopic (exact) mass is 388 g/mol. The number of benzene rings is 1. The number of fused-ring (bicyclic) bond motifs is 5. The Kier molecular flexibility index (Phi) is 5.32. The fourth-order valence-electron chi connectivity index (χ4n) is 6.65. The zero-order valence-corrected chi connectivity index (χ0v) is 17.4. The van der Waals surface area contributed by atoms with E-state index in [1.54, 1.807) is 0 Å². The molecule has 3 aliphatic carbocycles. The van der Waals surface area contributed by atoms with Gasteiger partial charge in [0.25, 0.3) is 0 Å². The van der Waals surface area contributed by atoms with Gasteiger partial charge >= 0.3 is 5.30 Å². The summed E-state index contributed by atoms with van der Waals surface area (Å²) < 4.78 is 5.22. The van der Waals surface area contributed by atoms with Crippen molar-refractivity contribution < 1.29 is 14.6 Å². The molecule has 1 aromatic carbocycles. The largest absolute Gasteiger partial charge is 0.419 e. The van der Waals surface area contributed by atoms with Gasteiger partial charge in [-0.25, -0.2) is 4.79 Å². The van der Waals surface area contributed by atoms with Crippen molar-refractivity contribution >= 4 is 17.9 Å². The molecule has 1 N–H and O–H groups in total. The van der Waals surface area contributed by atoms with Crippen LogP contribution in [0.2, 0.25) is 0 Å². The number of hydrogen-bond donors (Lipinski definition) is 2. The van der Waals surface area contributed by atoms with E-state index >= 15 is 0 Å². The summed E-state index contributed by atoms with van der Waals surface area (Å²) in [5.41, 5.74) is 2.91. The van der Waals surface area contributed by atoms with Crippen molar-refractivity contribution in [3.8, 4) is 5.75 Å². The van der Waals surface area contributed by atoms with Crippen LogP contribution in [0.3, 0.4) is 0 Å². The summed E-state index contributed by atoms with van der Waals surface area (Å²) in [6.45, 7) is 4.61. The molecule has 6 unspecified atom stereocenters. The number of aliphatic hydroxyl groups excluding tert-OH is 1. The Balaban J connectivity index is 1.70. The molecule has 1 aromatic rings. The lowest BCUT2D eigenvalue weighted by Gasteiger charge is -2.53. The van der Waals surface area contributed by atoms with Gasteiger partial charge in [-0.1, -0.05) is 45.4 Å². The smallest absolute Gasteiger partial charge is 0.369 e. The van der Waals surface area contributed by atoms with Gasteiger partial charge < -0.3 is 9.84 Å². The van der Waals surface area contributed by atoms with E-state index in [1.165, 1.54) is 36.8 Å². The highest BCUT2D eigenvalue weighted by molar-refractivity contribution is 7.96. The lowest BCUT2D eigenvalue weighted by molar-refractivity contribution is -0.0395. The van der Waals surface area contributed by atoms with Crippen LogP contribution in [-0.4, -0.2) is 16.5 Å². The van der Waals surface area contributed by atoms with Gasteiger partial charge in [-0.05, 0) is 90.9 Å². The molecule has 0 spiro atoms. The van der Waals surface area contributed by atoms with Crippen molar-refractivity contribution in [3.05, 3.63) is 29.3 Å². The van der Waals surface area contributed by atoms with Crippen molar-refractivity contribution in [1.82, 2.24) is 0 Å². The number of rotatable bonds is 4. The highest BCUT2D eigenvalue weighted by atomic mass is 32.1. The number of thiol groups is 1. The summed E-state index contributed by atoms with van der Waals surface area (Å²) in [5, 5.41) is 10.1. The molecule has 27 heavy (non-hydrogen) atoms. The Hall–Kier alpha value is -1.00. The quantitative estimate of drug-likeness (QED) is 0.510. The van der Waals surface area contributed by atoms with Gasteiger partial charge in [-0.15, -0.1) is 0 Å². The molecule has 4 rings (SSSR count). The summed E-state index contributed by atoms with van der Waals surface area (Å²) in [4.78, 5) is 11.2. The van der Waals surface area contributed by atoms with Crippen LogP contribution in [0.25, 0.3) is 0 Å². The normalized spacial score (nSPS) is 37.3. The first kappa shape index (κ1) is 19.3. The van der Waals surface area contributed by atoms with Gasteiger partial charge in [-0.2, -0.15) is 0 Å². The Morgan fingerprint density at radius 3 is 2.89 bits per heavy atom. The standard InChI is InChI=1S/C23H32O3S/c1-3-4-5-14-12-15-13-16(26-22(25)27)6-7-17(15)18-10-11-23(2)19(21(14)18)8-9-20(23)24/h6-7,13-14,18-21,24H,3-5,8-12H2,1-2H3,(H,25,27). The summed E-state index contributed by atoms with van der Waals surface area (Å²) in [7, 11) is 0. The van der Waals surface area contributed by atoms with Crippen molar-refractivity contribution in [3.63, 3.8) is 0 Å². The summed E-state index contributed by atoms with van der Waals surface area (Å²) >= 11 is 3.75. The molecule has 3 nitrogen and oxygen atoms in total. The molecular weight excluding hydrogens is 356 g/mol. The highest BCUT2D eigenvalue weighted by Crippen LogP contribution is 2.62. The van der Waals surface area contributed by atoms with E-state index < -0.39 is 5.30 Å². The average molecular weight is 389 g/mol. The van der Waals surface area contributed by atoms with E-state index in [4.69, 9.17) is 4.74 Å². The molecule has 0 saturated heterocycles. The second kappa shape index (κ2) is 7.44. The third-order valence-corrected chi connectivity index (χ3v) is 8.05. The topological polar surface area (TPSA) is 46.5 Å². The van der Waals surface area contributed by atoms with E-state index in [2.05, 4.69) is 38.6 Å². The van der Waals surface area contributed by atoms with Gasteiger partial charge in [0.1, 0.15) is 5.75 Å². The number of ether oxygens (including phenoxy) is 1. The summed E-state index contributed by atoms with van der Waals surface area (Å²) in [5.74, 6) is 3.17. The minimum absolute atomic E-state index is 0.102. The highest BCUT2D eigenvalue weighted by Gasteiger charge is 2.56. The maximum atomic E-state index is 11.2. The third-order valence-electron chi connectivity index (χ3n) is 7.96. The predicted molar refractivity (Wildman–Crippen MR) is 110 cm³/mol. The second-order valence-electron chi connectivity index (χ2n) is 9.26. The molecule has 0 aromatic heterocycles. The molecule has 2 fully saturated rings. The maximum absolute atomic E-state index is 11.2. The molecule has 0 heterocycles. The van der Waals surface area contributed by atoms with E-state index in [0.29, 0.717) is 29.4 Å². The first-order valence-electron chi connectivity index (χ1n) is 10.7. The van der Waals surface area contributed by atoms with Crippen LogP contribution >= 0.6 is 12.6 Å². The van der Waals surface area contributed by atoms with E-state index in [1.807, 2.05) is 6.07 Å². The minimum atomic E-state index is -0.556. The lowest BCUT2D eigenvalue weighted by atomic mass is 9.52. The van der Waals surface area contributed by atoms with Gasteiger partial charge in [-0.3, -0.25) is 0 Å². The maximum Gasteiger partial charge on any atom is 0.369 e. The van der Waals surface area contributed by atoms with Crippen molar-refractivity contribution in [2.24, 2.45) is 23.2 Å². The van der Waals surface area contributed by atoms with E-state index in [9.17, 15) is 9.90 Å². The molecule has 0 aliphatic heterocycles. The van der Waals surface area contributed by atoms with Crippen LogP contribution in [0.4, 0.5) is 4.79 Å². The Bertz CT molecular complexity index is 718. The Morgan fingerprint density at radius 1 is 1.33 bits per heavy atom. The Labute approximate surface area is 168 Å². The molecular formula is C23H32O3S. The first-order valence-corrected chi connectivity index (χ1v) is 11.1. The van der Waals surface area contributed by atoms with Crippen molar-refractivity contribution in [1.29, 1.82) is 0 Å². The van der Waals surface area contributed by atoms with Crippen molar-refractivity contribution in [2.75, 3.05) is 0 Å². The minimum Gasteiger partial charge on any atom is -0.419 e. The molecule has 0 bridgehead atoms. The third kappa shape index (κ3) is 3.33. The molecule has 3 aliphatic rings. The van der Waals surface area contributed by atoms with Gasteiger partial charge in [0.05, 0.1) is 6.10 Å². The first-order chi connectivity index (χ1) is 12.9. The number of carbonyl (C=O) groups is 1. The molecule has 6 atom stereocenters.